The van der Waals surface area contributed by atoms with Crippen molar-refractivity contribution in [1.82, 2.24) is 4.98 Å². The number of para-hydroxylation sites is 1. The highest BCUT2D eigenvalue weighted by Crippen LogP contribution is 2.14. The molecule has 1 N–H and O–H groups in total. The van der Waals surface area contributed by atoms with E-state index < -0.39 is 5.97 Å². The molecule has 3 nitrogen and oxygen atoms in total. The maximum atomic E-state index is 10.8. The van der Waals surface area contributed by atoms with Crippen LogP contribution < -0.4 is 0 Å². The number of hydrogen-bond donors (Lipinski definition) is 1. The van der Waals surface area contributed by atoms with Crippen molar-refractivity contribution in [2.24, 2.45) is 0 Å². The van der Waals surface area contributed by atoms with Crippen LogP contribution >= 0.6 is 0 Å². The Kier molecular flexibility index (Phi) is 3.48. The van der Waals surface area contributed by atoms with Gasteiger partial charge >= 0.3 is 5.97 Å². The standard InChI is InChI=1S/C18H13NO2/c20-18(21)15-8-5-13(6-9-15)7-11-16-12-10-14-3-1-2-4-17(14)19-16/h1-12H,(H,20,21)/b11-7+. The molecular weight excluding hydrogens is 262 g/mol. The lowest BCUT2D eigenvalue weighted by Crippen LogP contribution is -1.94. The van der Waals surface area contributed by atoms with E-state index in [1.54, 1.807) is 24.3 Å². The van der Waals surface area contributed by atoms with Gasteiger partial charge in [-0.2, -0.15) is 0 Å². The van der Waals surface area contributed by atoms with Gasteiger partial charge in [0.15, 0.2) is 0 Å². The number of pyridine rings is 1. The lowest BCUT2D eigenvalue weighted by Gasteiger charge is -1.99. The lowest BCUT2D eigenvalue weighted by molar-refractivity contribution is 0.0697. The molecular formula is C18H13NO2. The summed E-state index contributed by atoms with van der Waals surface area (Å²) in [6.45, 7) is 0. The molecule has 2 aromatic carbocycles. The SMILES string of the molecule is O=C(O)c1ccc(/C=C/c2ccc3ccccc3n2)cc1. The van der Waals surface area contributed by atoms with Gasteiger partial charge in [0, 0.05) is 5.39 Å². The molecule has 0 fully saturated rings. The van der Waals surface area contributed by atoms with E-state index in [0.29, 0.717) is 0 Å². The van der Waals surface area contributed by atoms with Gasteiger partial charge in [-0.15, -0.1) is 0 Å². The molecule has 3 rings (SSSR count). The van der Waals surface area contributed by atoms with Gasteiger partial charge < -0.3 is 5.11 Å². The minimum Gasteiger partial charge on any atom is -0.478 e. The predicted octanol–water partition coefficient (Wildman–Crippen LogP) is 4.10. The lowest BCUT2D eigenvalue weighted by atomic mass is 10.1. The van der Waals surface area contributed by atoms with Gasteiger partial charge in [0.2, 0.25) is 0 Å². The minimum absolute atomic E-state index is 0.288. The molecule has 1 heterocycles. The number of hydrogen-bond acceptors (Lipinski definition) is 2. The molecule has 21 heavy (non-hydrogen) atoms. The van der Waals surface area contributed by atoms with Crippen molar-refractivity contribution in [3.63, 3.8) is 0 Å². The van der Waals surface area contributed by atoms with Crippen LogP contribution in [0.2, 0.25) is 0 Å². The Labute approximate surface area is 122 Å². The zero-order valence-electron chi connectivity index (χ0n) is 11.2. The highest BCUT2D eigenvalue weighted by Gasteiger charge is 2.00. The molecule has 3 aromatic rings. The molecule has 102 valence electrons. The Balaban J connectivity index is 1.85. The van der Waals surface area contributed by atoms with Crippen molar-refractivity contribution < 1.29 is 9.90 Å². The predicted molar refractivity (Wildman–Crippen MR) is 84.1 cm³/mol. The van der Waals surface area contributed by atoms with Gasteiger partial charge in [0.05, 0.1) is 16.8 Å². The molecule has 0 bridgehead atoms. The first kappa shape index (κ1) is 13.1. The molecule has 0 spiro atoms. The second kappa shape index (κ2) is 5.59. The number of carboxylic acid groups (broad SMARTS) is 1. The van der Waals surface area contributed by atoms with E-state index in [9.17, 15) is 4.79 Å². The third-order valence-electron chi connectivity index (χ3n) is 3.22. The summed E-state index contributed by atoms with van der Waals surface area (Å²) in [6, 6.07) is 18.7. The summed E-state index contributed by atoms with van der Waals surface area (Å²) >= 11 is 0. The maximum absolute atomic E-state index is 10.8. The highest BCUT2D eigenvalue weighted by atomic mass is 16.4. The van der Waals surface area contributed by atoms with Crippen molar-refractivity contribution in [3.8, 4) is 0 Å². The van der Waals surface area contributed by atoms with E-state index in [4.69, 9.17) is 5.11 Å². The van der Waals surface area contributed by atoms with Gasteiger partial charge in [0.1, 0.15) is 0 Å². The average Bonchev–Trinajstić information content (AvgIpc) is 2.53. The second-order valence-electron chi connectivity index (χ2n) is 4.69. The number of benzene rings is 2. The summed E-state index contributed by atoms with van der Waals surface area (Å²) in [5, 5.41) is 9.97. The zero-order valence-corrected chi connectivity index (χ0v) is 11.2. The van der Waals surface area contributed by atoms with Gasteiger partial charge in [-0.05, 0) is 35.9 Å². The molecule has 0 aliphatic carbocycles. The first-order chi connectivity index (χ1) is 10.2. The van der Waals surface area contributed by atoms with Crippen molar-refractivity contribution in [2.75, 3.05) is 0 Å². The van der Waals surface area contributed by atoms with Crippen LogP contribution in [-0.2, 0) is 0 Å². The maximum Gasteiger partial charge on any atom is 0.335 e. The van der Waals surface area contributed by atoms with Crippen LogP contribution in [0.4, 0.5) is 0 Å². The van der Waals surface area contributed by atoms with Crippen LogP contribution in [0.5, 0.6) is 0 Å². The topological polar surface area (TPSA) is 50.2 Å². The number of aromatic carboxylic acids is 1. The van der Waals surface area contributed by atoms with Crippen molar-refractivity contribution in [3.05, 3.63) is 77.5 Å². The molecule has 0 radical (unpaired) electrons. The minimum atomic E-state index is -0.915. The van der Waals surface area contributed by atoms with Gasteiger partial charge in [-0.3, -0.25) is 0 Å². The first-order valence-electron chi connectivity index (χ1n) is 6.60. The summed E-state index contributed by atoms with van der Waals surface area (Å²) in [5.41, 5.74) is 3.06. The molecule has 0 atom stereocenters. The third-order valence-corrected chi connectivity index (χ3v) is 3.22. The Morgan fingerprint density at radius 2 is 1.67 bits per heavy atom. The first-order valence-corrected chi connectivity index (χ1v) is 6.60. The van der Waals surface area contributed by atoms with Crippen LogP contribution in [0.25, 0.3) is 23.1 Å². The highest BCUT2D eigenvalue weighted by molar-refractivity contribution is 5.88. The summed E-state index contributed by atoms with van der Waals surface area (Å²) in [5.74, 6) is -0.915. The number of fused-ring (bicyclic) bond motifs is 1. The number of aromatic nitrogens is 1. The summed E-state index contributed by atoms with van der Waals surface area (Å²) < 4.78 is 0. The molecule has 0 aliphatic heterocycles. The normalized spacial score (nSPS) is 11.0. The van der Waals surface area contributed by atoms with Crippen LogP contribution in [-0.4, -0.2) is 16.1 Å². The fourth-order valence-electron chi connectivity index (χ4n) is 2.09. The van der Waals surface area contributed by atoms with E-state index in [1.807, 2.05) is 48.6 Å². The van der Waals surface area contributed by atoms with Crippen LogP contribution in [0, 0.1) is 0 Å². The number of nitrogens with zero attached hydrogens (tertiary/aromatic N) is 1. The molecule has 0 aliphatic rings. The van der Waals surface area contributed by atoms with Crippen LogP contribution in [0.15, 0.2) is 60.7 Å². The van der Waals surface area contributed by atoms with Gasteiger partial charge in [0.25, 0.3) is 0 Å². The zero-order chi connectivity index (χ0) is 14.7. The number of carboxylic acids is 1. The smallest absolute Gasteiger partial charge is 0.335 e. The Morgan fingerprint density at radius 3 is 2.43 bits per heavy atom. The van der Waals surface area contributed by atoms with E-state index >= 15 is 0 Å². The monoisotopic (exact) mass is 275 g/mol. The van der Waals surface area contributed by atoms with Crippen molar-refractivity contribution in [1.29, 1.82) is 0 Å². The van der Waals surface area contributed by atoms with E-state index in [-0.39, 0.29) is 5.56 Å². The van der Waals surface area contributed by atoms with E-state index in [0.717, 1.165) is 22.2 Å². The van der Waals surface area contributed by atoms with Crippen molar-refractivity contribution >= 4 is 29.0 Å². The Morgan fingerprint density at radius 1 is 0.905 bits per heavy atom. The Hall–Kier alpha value is -2.94. The summed E-state index contributed by atoms with van der Waals surface area (Å²) in [7, 11) is 0. The molecule has 1 aromatic heterocycles. The van der Waals surface area contributed by atoms with Gasteiger partial charge in [-0.25, -0.2) is 9.78 Å². The van der Waals surface area contributed by atoms with Crippen LogP contribution in [0.1, 0.15) is 21.6 Å². The van der Waals surface area contributed by atoms with Gasteiger partial charge in [-0.1, -0.05) is 42.5 Å². The fourth-order valence-corrected chi connectivity index (χ4v) is 2.09. The Bertz CT molecular complexity index is 820. The number of carbonyl (C=O) groups is 1. The summed E-state index contributed by atoms with van der Waals surface area (Å²) in [4.78, 5) is 15.3. The summed E-state index contributed by atoms with van der Waals surface area (Å²) in [6.07, 6.45) is 3.84. The molecule has 0 amide bonds. The van der Waals surface area contributed by atoms with E-state index in [2.05, 4.69) is 4.98 Å². The van der Waals surface area contributed by atoms with Crippen LogP contribution in [0.3, 0.4) is 0 Å². The second-order valence-corrected chi connectivity index (χ2v) is 4.69. The molecule has 0 saturated heterocycles. The third kappa shape index (κ3) is 2.98. The molecule has 0 unspecified atom stereocenters. The quantitative estimate of drug-likeness (QED) is 0.782. The fraction of sp³-hybridized carbons (Fsp3) is 0. The average molecular weight is 275 g/mol. The van der Waals surface area contributed by atoms with E-state index in [1.165, 1.54) is 0 Å². The largest absolute Gasteiger partial charge is 0.478 e. The van der Waals surface area contributed by atoms with Crippen molar-refractivity contribution in [2.45, 2.75) is 0 Å². The molecule has 3 heteroatoms. The number of rotatable bonds is 3. The molecule has 0 saturated carbocycles.